The quantitative estimate of drug-likeness (QED) is 0.333. The Balaban J connectivity index is 2.34. The predicted octanol–water partition coefficient (Wildman–Crippen LogP) is 2.02. The van der Waals surface area contributed by atoms with E-state index in [9.17, 15) is 22.0 Å². The summed E-state index contributed by atoms with van der Waals surface area (Å²) in [5.74, 6) is -9.43. The number of aryl methyl sites for hydroxylation is 1. The van der Waals surface area contributed by atoms with Crippen LogP contribution in [0.5, 0.6) is 0 Å². The molecule has 0 aliphatic carbocycles. The minimum absolute atomic E-state index is 0.195. The molecule has 0 saturated heterocycles. The van der Waals surface area contributed by atoms with E-state index in [2.05, 4.69) is 20.7 Å². The normalized spacial score (nSPS) is 13.8. The first-order valence-corrected chi connectivity index (χ1v) is 6.49. The van der Waals surface area contributed by atoms with Crippen LogP contribution in [0.1, 0.15) is 12.2 Å². The van der Waals surface area contributed by atoms with Gasteiger partial charge in [0.05, 0.1) is 0 Å². The van der Waals surface area contributed by atoms with Crippen molar-refractivity contribution >= 4 is 15.6 Å². The molecule has 0 atom stereocenters. The molecule has 0 radical (unpaired) electrons. The Bertz CT molecular complexity index is 750. The Morgan fingerprint density at radius 1 is 0.900 bits per heavy atom. The van der Waals surface area contributed by atoms with Gasteiger partial charge in [-0.25, -0.2) is 0 Å². The van der Waals surface area contributed by atoms with Gasteiger partial charge in [0, 0.05) is 0 Å². The van der Waals surface area contributed by atoms with Gasteiger partial charge in [-0.1, -0.05) is 0 Å². The van der Waals surface area contributed by atoms with Gasteiger partial charge < -0.3 is 0 Å². The van der Waals surface area contributed by atoms with E-state index in [1.54, 1.807) is 4.57 Å². The molecule has 0 spiro atoms. The van der Waals surface area contributed by atoms with Crippen LogP contribution in [-0.2, 0) is 13.0 Å². The zero-order chi connectivity index (χ0) is 14.6. The average molecular weight is 354 g/mol. The van der Waals surface area contributed by atoms with E-state index >= 15 is 0 Å². The molecule has 2 aromatic rings. The first-order chi connectivity index (χ1) is 9.43. The van der Waals surface area contributed by atoms with Gasteiger partial charge in [-0.2, -0.15) is 0 Å². The van der Waals surface area contributed by atoms with E-state index in [4.69, 9.17) is 0 Å². The van der Waals surface area contributed by atoms with Crippen molar-refractivity contribution in [2.24, 2.45) is 0 Å². The van der Waals surface area contributed by atoms with Gasteiger partial charge in [-0.05, 0) is 0 Å². The van der Waals surface area contributed by atoms with Crippen molar-refractivity contribution in [1.29, 1.82) is 0 Å². The first kappa shape index (κ1) is 13.5. The Labute approximate surface area is 117 Å². The van der Waals surface area contributed by atoms with E-state index in [0.29, 0.717) is 23.5 Å². The number of rotatable bonds is 1. The average Bonchev–Trinajstić information content (AvgIpc) is 2.99. The molecule has 0 saturated carbocycles. The Kier molecular flexibility index (Phi) is 3.06. The predicted molar refractivity (Wildman–Crippen MR) is 58.7 cm³/mol. The van der Waals surface area contributed by atoms with Gasteiger partial charge in [0.15, 0.2) is 0 Å². The van der Waals surface area contributed by atoms with Crippen LogP contribution in [0.3, 0.4) is 0 Å². The third kappa shape index (κ3) is 1.69. The van der Waals surface area contributed by atoms with Crippen LogP contribution in [0.2, 0.25) is 0 Å². The summed E-state index contributed by atoms with van der Waals surface area (Å²) >= 11 is 2.55. The summed E-state index contributed by atoms with van der Waals surface area (Å²) in [6.45, 7) is 0.576. The standard InChI is InChI=1S/C11H6F5N3Se/c12-5-6(13)8(15)10(9(16)7(5)14)19-11(20)18-3-1-2-4(18)17-19/h1-3H2. The maximum absolute atomic E-state index is 13.7. The second kappa shape index (κ2) is 4.53. The first-order valence-electron chi connectivity index (χ1n) is 5.64. The molecule has 1 aromatic heterocycles. The number of aromatic nitrogens is 3. The van der Waals surface area contributed by atoms with E-state index in [-0.39, 0.29) is 4.32 Å². The molecule has 2 heterocycles. The van der Waals surface area contributed by atoms with E-state index in [1.807, 2.05) is 0 Å². The molecule has 0 unspecified atom stereocenters. The van der Waals surface area contributed by atoms with E-state index in [1.165, 1.54) is 0 Å². The monoisotopic (exact) mass is 355 g/mol. The summed E-state index contributed by atoms with van der Waals surface area (Å²) in [7, 11) is 0. The van der Waals surface area contributed by atoms with Crippen LogP contribution >= 0.6 is 0 Å². The molecule has 3 nitrogen and oxygen atoms in total. The summed E-state index contributed by atoms with van der Waals surface area (Å²) in [5.41, 5.74) is -1.07. The topological polar surface area (TPSA) is 22.8 Å². The van der Waals surface area contributed by atoms with Crippen molar-refractivity contribution < 1.29 is 22.0 Å². The van der Waals surface area contributed by atoms with Gasteiger partial charge in [-0.15, -0.1) is 0 Å². The second-order valence-electron chi connectivity index (χ2n) is 4.28. The third-order valence-corrected chi connectivity index (χ3v) is 3.94. The number of nitrogens with zero attached hydrogens (tertiary/aromatic N) is 3. The van der Waals surface area contributed by atoms with Gasteiger partial charge >= 0.3 is 116 Å². The van der Waals surface area contributed by atoms with Crippen molar-refractivity contribution in [3.05, 3.63) is 39.2 Å². The van der Waals surface area contributed by atoms with Crippen LogP contribution in [0, 0.1) is 33.4 Å². The minimum atomic E-state index is -2.18. The van der Waals surface area contributed by atoms with Crippen LogP contribution in [0.25, 0.3) is 5.69 Å². The SMILES string of the molecule is Fc1c(F)c(F)c(-n2nc3n(c2=[Se])CCC3)c(F)c1F. The van der Waals surface area contributed by atoms with Crippen LogP contribution in [0.15, 0.2) is 0 Å². The molecule has 1 aliphatic heterocycles. The van der Waals surface area contributed by atoms with Crippen molar-refractivity contribution in [3.8, 4) is 5.69 Å². The van der Waals surface area contributed by atoms with Gasteiger partial charge in [-0.3, -0.25) is 0 Å². The summed E-state index contributed by atoms with van der Waals surface area (Å²) in [6, 6.07) is 0. The number of hydrogen-bond donors (Lipinski definition) is 0. The molecule has 106 valence electrons. The third-order valence-electron chi connectivity index (χ3n) is 3.12. The van der Waals surface area contributed by atoms with E-state index < -0.39 is 34.8 Å². The Hall–Kier alpha value is -1.47. The summed E-state index contributed by atoms with van der Waals surface area (Å²) in [6.07, 6.45) is 1.39. The molecule has 20 heavy (non-hydrogen) atoms. The van der Waals surface area contributed by atoms with Crippen molar-refractivity contribution in [2.45, 2.75) is 19.4 Å². The number of fused-ring (bicyclic) bond motifs is 1. The molecule has 3 rings (SSSR count). The number of benzene rings is 1. The number of hydrogen-bond acceptors (Lipinski definition) is 1. The Morgan fingerprint density at radius 2 is 1.45 bits per heavy atom. The van der Waals surface area contributed by atoms with Gasteiger partial charge in [0.2, 0.25) is 0 Å². The molecular formula is C11H6F5N3Se. The fourth-order valence-corrected chi connectivity index (χ4v) is 2.86. The van der Waals surface area contributed by atoms with E-state index in [0.717, 1.165) is 6.42 Å². The fraction of sp³-hybridized carbons (Fsp3) is 0.273. The van der Waals surface area contributed by atoms with Gasteiger partial charge in [0.25, 0.3) is 0 Å². The Morgan fingerprint density at radius 3 is 2.00 bits per heavy atom. The molecule has 1 aliphatic rings. The molecule has 0 bridgehead atoms. The van der Waals surface area contributed by atoms with Crippen molar-refractivity contribution in [2.75, 3.05) is 0 Å². The summed E-state index contributed by atoms with van der Waals surface area (Å²) in [4.78, 5) is 0. The van der Waals surface area contributed by atoms with Crippen LogP contribution in [-0.4, -0.2) is 29.9 Å². The zero-order valence-corrected chi connectivity index (χ0v) is 11.5. The summed E-state index contributed by atoms with van der Waals surface area (Å²) in [5, 5.41) is 3.91. The molecule has 0 amide bonds. The molecule has 1 aromatic carbocycles. The molecule has 9 heteroatoms. The summed E-state index contributed by atoms with van der Waals surface area (Å²) < 4.78 is 69.4. The maximum atomic E-state index is 13.7. The fourth-order valence-electron chi connectivity index (χ4n) is 2.17. The zero-order valence-electron chi connectivity index (χ0n) is 9.76. The van der Waals surface area contributed by atoms with Gasteiger partial charge in [0.1, 0.15) is 0 Å². The van der Waals surface area contributed by atoms with Crippen LogP contribution < -0.4 is 0 Å². The van der Waals surface area contributed by atoms with Crippen molar-refractivity contribution in [1.82, 2.24) is 14.3 Å². The number of halogens is 5. The van der Waals surface area contributed by atoms with Crippen molar-refractivity contribution in [3.63, 3.8) is 0 Å². The second-order valence-corrected chi connectivity index (χ2v) is 5.05. The van der Waals surface area contributed by atoms with Crippen LogP contribution in [0.4, 0.5) is 22.0 Å². The molecule has 0 N–H and O–H groups in total. The molecular weight excluding hydrogens is 348 g/mol. The molecule has 0 fully saturated rings.